The van der Waals surface area contributed by atoms with Crippen LogP contribution in [0.25, 0.3) is 0 Å². The van der Waals surface area contributed by atoms with Crippen LogP contribution in [0.5, 0.6) is 0 Å². The van der Waals surface area contributed by atoms with Crippen LogP contribution in [0.1, 0.15) is 6.92 Å². The second-order valence-corrected chi connectivity index (χ2v) is 3.77. The third kappa shape index (κ3) is 4.51. The zero-order chi connectivity index (χ0) is 14.5. The summed E-state index contributed by atoms with van der Waals surface area (Å²) in [7, 11) is 0. The number of aliphatic hydroxyl groups excluding tert-OH is 5. The van der Waals surface area contributed by atoms with Gasteiger partial charge in [-0.2, -0.15) is 0 Å². The first-order valence-electron chi connectivity index (χ1n) is 5.06. The molecule has 8 nitrogen and oxygen atoms in total. The molecule has 18 heavy (non-hydrogen) atoms. The van der Waals surface area contributed by atoms with E-state index in [0.717, 1.165) is 0 Å². The predicted octanol–water partition coefficient (Wildman–Crippen LogP) is -3.36. The number of aliphatic hydroxyl groups is 5. The predicted molar refractivity (Wildman–Crippen MR) is 59.1 cm³/mol. The van der Waals surface area contributed by atoms with Gasteiger partial charge in [0.1, 0.15) is 18.3 Å². The number of carbonyl (C=O) groups is 2. The highest BCUT2D eigenvalue weighted by Gasteiger charge is 2.34. The average molecular weight is 263 g/mol. The van der Waals surface area contributed by atoms with Crippen LogP contribution in [0.4, 0.5) is 0 Å². The van der Waals surface area contributed by atoms with Crippen LogP contribution >= 0.6 is 0 Å². The first kappa shape index (κ1) is 16.7. The van der Waals surface area contributed by atoms with Crippen molar-refractivity contribution in [1.82, 2.24) is 5.32 Å². The fourth-order valence-electron chi connectivity index (χ4n) is 0.970. The molecule has 0 radical (unpaired) electrons. The molecule has 0 aliphatic heterocycles. The summed E-state index contributed by atoms with van der Waals surface area (Å²) in [5.74, 6) is -2.09. The van der Waals surface area contributed by atoms with Gasteiger partial charge in [0.15, 0.2) is 6.10 Å². The van der Waals surface area contributed by atoms with Crippen LogP contribution in [0, 0.1) is 0 Å². The molecule has 4 atom stereocenters. The average Bonchev–Trinajstić information content (AvgIpc) is 2.34. The maximum absolute atomic E-state index is 11.3. The minimum absolute atomic E-state index is 0.0148. The van der Waals surface area contributed by atoms with Crippen LogP contribution < -0.4 is 5.32 Å². The Kier molecular flexibility index (Phi) is 6.66. The molecule has 0 aliphatic carbocycles. The molecule has 104 valence electrons. The Balaban J connectivity index is 4.54. The molecule has 0 saturated carbocycles. The van der Waals surface area contributed by atoms with Crippen molar-refractivity contribution in [2.24, 2.45) is 0 Å². The van der Waals surface area contributed by atoms with E-state index in [2.05, 4.69) is 6.58 Å². The lowest BCUT2D eigenvalue weighted by molar-refractivity contribution is -0.150. The summed E-state index contributed by atoms with van der Waals surface area (Å²) in [5, 5.41) is 47.2. The van der Waals surface area contributed by atoms with Gasteiger partial charge >= 0.3 is 0 Å². The van der Waals surface area contributed by atoms with E-state index in [1.807, 2.05) is 0 Å². The lowest BCUT2D eigenvalue weighted by atomic mass is 10.0. The fraction of sp³-hybridized carbons (Fsp3) is 0.600. The van der Waals surface area contributed by atoms with Crippen molar-refractivity contribution >= 4 is 11.8 Å². The van der Waals surface area contributed by atoms with E-state index < -0.39 is 42.8 Å². The highest BCUT2D eigenvalue weighted by atomic mass is 16.4. The molecule has 0 aromatic heterocycles. The fourth-order valence-corrected chi connectivity index (χ4v) is 0.970. The summed E-state index contributed by atoms with van der Waals surface area (Å²) >= 11 is 0. The van der Waals surface area contributed by atoms with Crippen molar-refractivity contribution in [3.05, 3.63) is 12.2 Å². The van der Waals surface area contributed by atoms with E-state index in [1.165, 1.54) is 6.92 Å². The first-order chi connectivity index (χ1) is 8.22. The zero-order valence-corrected chi connectivity index (χ0v) is 9.78. The molecule has 0 aliphatic rings. The second-order valence-electron chi connectivity index (χ2n) is 3.77. The highest BCUT2D eigenvalue weighted by molar-refractivity contribution is 6.04. The highest BCUT2D eigenvalue weighted by Crippen LogP contribution is 2.05. The maximum atomic E-state index is 11.3. The first-order valence-corrected chi connectivity index (χ1v) is 5.06. The smallest absolute Gasteiger partial charge is 0.258 e. The van der Waals surface area contributed by atoms with Gasteiger partial charge in [-0.3, -0.25) is 14.9 Å². The number of carbonyl (C=O) groups excluding carboxylic acids is 2. The van der Waals surface area contributed by atoms with E-state index in [9.17, 15) is 24.9 Å². The number of amides is 2. The van der Waals surface area contributed by atoms with Crippen molar-refractivity contribution in [3.63, 3.8) is 0 Å². The molecule has 2 amide bonds. The SMILES string of the molecule is C=C(C)C(=O)NC(=O)C(O)C(O)C(O)C(O)CO. The van der Waals surface area contributed by atoms with Crippen molar-refractivity contribution < 1.29 is 35.1 Å². The molecule has 0 saturated heterocycles. The maximum Gasteiger partial charge on any atom is 0.258 e. The van der Waals surface area contributed by atoms with Gasteiger partial charge in [-0.15, -0.1) is 0 Å². The van der Waals surface area contributed by atoms with Gasteiger partial charge in [-0.05, 0) is 6.92 Å². The number of nitrogens with one attached hydrogen (secondary N) is 1. The minimum atomic E-state index is -2.13. The van der Waals surface area contributed by atoms with Crippen LogP contribution in [0.15, 0.2) is 12.2 Å². The Morgan fingerprint density at radius 1 is 1.17 bits per heavy atom. The minimum Gasteiger partial charge on any atom is -0.394 e. The normalized spacial score (nSPS) is 17.4. The van der Waals surface area contributed by atoms with Gasteiger partial charge < -0.3 is 25.5 Å². The number of imide groups is 1. The van der Waals surface area contributed by atoms with E-state index in [-0.39, 0.29) is 5.57 Å². The molecular weight excluding hydrogens is 246 g/mol. The third-order valence-electron chi connectivity index (χ3n) is 2.15. The van der Waals surface area contributed by atoms with Gasteiger partial charge in [0, 0.05) is 5.57 Å². The monoisotopic (exact) mass is 263 g/mol. The van der Waals surface area contributed by atoms with Crippen molar-refractivity contribution in [2.75, 3.05) is 6.61 Å². The van der Waals surface area contributed by atoms with Gasteiger partial charge in [-0.25, -0.2) is 0 Å². The topological polar surface area (TPSA) is 147 Å². The molecule has 0 aromatic rings. The van der Waals surface area contributed by atoms with Crippen LogP contribution in [-0.4, -0.2) is 68.4 Å². The molecule has 0 heterocycles. The molecule has 0 aromatic carbocycles. The lowest BCUT2D eigenvalue weighted by Crippen LogP contribution is -2.52. The summed E-state index contributed by atoms with van der Waals surface area (Å²) < 4.78 is 0. The van der Waals surface area contributed by atoms with Crippen molar-refractivity contribution in [2.45, 2.75) is 31.3 Å². The van der Waals surface area contributed by atoms with Crippen LogP contribution in [0.3, 0.4) is 0 Å². The summed E-state index contributed by atoms with van der Waals surface area (Å²) in [6.45, 7) is 3.72. The van der Waals surface area contributed by atoms with Gasteiger partial charge in [0.2, 0.25) is 0 Å². The molecule has 8 heteroatoms. The van der Waals surface area contributed by atoms with E-state index in [1.54, 1.807) is 5.32 Å². The van der Waals surface area contributed by atoms with Crippen LogP contribution in [-0.2, 0) is 9.59 Å². The third-order valence-corrected chi connectivity index (χ3v) is 2.15. The summed E-state index contributed by atoms with van der Waals surface area (Å²) in [6, 6.07) is 0. The quantitative estimate of drug-likeness (QED) is 0.274. The molecular formula is C10H17NO7. The van der Waals surface area contributed by atoms with Crippen LogP contribution in [0.2, 0.25) is 0 Å². The number of hydrogen-bond donors (Lipinski definition) is 6. The molecule has 0 fully saturated rings. The molecule has 0 rings (SSSR count). The summed E-state index contributed by atoms with van der Waals surface area (Å²) in [6.07, 6.45) is -7.84. The molecule has 4 unspecified atom stereocenters. The Hall–Kier alpha value is -1.32. The molecule has 6 N–H and O–H groups in total. The zero-order valence-electron chi connectivity index (χ0n) is 9.78. The Morgan fingerprint density at radius 2 is 1.67 bits per heavy atom. The van der Waals surface area contributed by atoms with E-state index >= 15 is 0 Å². The van der Waals surface area contributed by atoms with Crippen molar-refractivity contribution in [3.8, 4) is 0 Å². The number of rotatable bonds is 6. The summed E-state index contributed by atoms with van der Waals surface area (Å²) in [4.78, 5) is 22.3. The van der Waals surface area contributed by atoms with Gasteiger partial charge in [-0.1, -0.05) is 6.58 Å². The van der Waals surface area contributed by atoms with Gasteiger partial charge in [0.05, 0.1) is 6.61 Å². The Bertz CT molecular complexity index is 330. The Morgan fingerprint density at radius 3 is 2.06 bits per heavy atom. The van der Waals surface area contributed by atoms with E-state index in [4.69, 9.17) is 10.2 Å². The second kappa shape index (κ2) is 7.19. The van der Waals surface area contributed by atoms with E-state index in [0.29, 0.717) is 0 Å². The lowest BCUT2D eigenvalue weighted by Gasteiger charge is -2.24. The standard InChI is InChI=1S/C10H17NO7/c1-4(2)9(17)11-10(18)8(16)7(15)6(14)5(13)3-12/h5-8,12-16H,1,3H2,2H3,(H,11,17,18). The largest absolute Gasteiger partial charge is 0.394 e. The number of hydrogen-bond acceptors (Lipinski definition) is 7. The molecule has 0 spiro atoms. The van der Waals surface area contributed by atoms with Gasteiger partial charge in [0.25, 0.3) is 11.8 Å². The van der Waals surface area contributed by atoms with Crippen molar-refractivity contribution in [1.29, 1.82) is 0 Å². The summed E-state index contributed by atoms with van der Waals surface area (Å²) in [5.41, 5.74) is 0.0148. The molecule has 0 bridgehead atoms. The Labute approximate surface area is 103 Å².